The van der Waals surface area contributed by atoms with Gasteiger partial charge in [-0.3, -0.25) is 4.79 Å². The molecule has 0 fully saturated rings. The third kappa shape index (κ3) is 2.78. The lowest BCUT2D eigenvalue weighted by Gasteiger charge is -2.05. The van der Waals surface area contributed by atoms with E-state index in [1.807, 2.05) is 42.5 Å². The van der Waals surface area contributed by atoms with Gasteiger partial charge in [-0.05, 0) is 36.2 Å². The number of nitrogens with zero attached hydrogens (tertiary/aromatic N) is 2. The van der Waals surface area contributed by atoms with E-state index in [2.05, 4.69) is 10.4 Å². The van der Waals surface area contributed by atoms with E-state index in [9.17, 15) is 4.79 Å². The summed E-state index contributed by atoms with van der Waals surface area (Å²) in [6, 6.07) is 13.0. The number of carbonyl (C=O) groups is 1. The normalized spacial score (nSPS) is 10.7. The molecule has 0 atom stereocenters. The molecule has 106 valence electrons. The van der Waals surface area contributed by atoms with Gasteiger partial charge in [0.2, 0.25) is 0 Å². The lowest BCUT2D eigenvalue weighted by atomic mass is 10.1. The first-order chi connectivity index (χ1) is 10.3. The lowest BCUT2D eigenvalue weighted by Crippen LogP contribution is -2.11. The quantitative estimate of drug-likeness (QED) is 0.770. The van der Waals surface area contributed by atoms with E-state index >= 15 is 0 Å². The number of aliphatic hydroxyl groups is 1. The van der Waals surface area contributed by atoms with E-state index in [1.165, 1.54) is 0 Å². The highest BCUT2D eigenvalue weighted by molar-refractivity contribution is 6.08. The fourth-order valence-corrected chi connectivity index (χ4v) is 2.19. The van der Waals surface area contributed by atoms with Gasteiger partial charge >= 0.3 is 0 Å². The number of hydrogen-bond donors (Lipinski definition) is 2. The summed E-state index contributed by atoms with van der Waals surface area (Å²) in [5.41, 5.74) is 3.06. The van der Waals surface area contributed by atoms with Crippen molar-refractivity contribution in [1.29, 1.82) is 0 Å². The molecule has 0 saturated heterocycles. The number of amides is 1. The second-order valence-corrected chi connectivity index (χ2v) is 4.71. The maximum absolute atomic E-state index is 12.3. The van der Waals surface area contributed by atoms with Crippen LogP contribution in [0.1, 0.15) is 15.9 Å². The van der Waals surface area contributed by atoms with Crippen molar-refractivity contribution in [2.75, 3.05) is 11.9 Å². The first kappa shape index (κ1) is 13.3. The van der Waals surface area contributed by atoms with Crippen molar-refractivity contribution in [1.82, 2.24) is 9.61 Å². The standard InChI is InChI=1S/C16H15N3O2/c20-10-8-12-4-6-13(7-5-12)18-16(21)14-11-17-19-9-2-1-3-15(14)19/h1-7,9,11,20H,8,10H2,(H,18,21). The van der Waals surface area contributed by atoms with E-state index in [1.54, 1.807) is 16.9 Å². The molecule has 2 N–H and O–H groups in total. The molecule has 2 aromatic heterocycles. The van der Waals surface area contributed by atoms with Gasteiger partial charge in [-0.1, -0.05) is 18.2 Å². The number of nitrogens with one attached hydrogen (secondary N) is 1. The van der Waals surface area contributed by atoms with Crippen LogP contribution in [-0.4, -0.2) is 27.2 Å². The molecule has 3 rings (SSSR count). The fraction of sp³-hybridized carbons (Fsp3) is 0.125. The van der Waals surface area contributed by atoms with E-state index in [4.69, 9.17) is 5.11 Å². The molecule has 0 radical (unpaired) electrons. The zero-order valence-corrected chi connectivity index (χ0v) is 11.4. The number of fused-ring (bicyclic) bond motifs is 1. The molecular formula is C16H15N3O2. The molecule has 1 amide bonds. The van der Waals surface area contributed by atoms with Gasteiger partial charge in [0, 0.05) is 18.5 Å². The highest BCUT2D eigenvalue weighted by atomic mass is 16.2. The van der Waals surface area contributed by atoms with Crippen molar-refractivity contribution in [3.05, 3.63) is 66.0 Å². The summed E-state index contributed by atoms with van der Waals surface area (Å²) in [5.74, 6) is -0.189. The summed E-state index contributed by atoms with van der Waals surface area (Å²) in [6.07, 6.45) is 3.98. The van der Waals surface area contributed by atoms with Gasteiger partial charge in [0.1, 0.15) is 0 Å². The highest BCUT2D eigenvalue weighted by Crippen LogP contribution is 2.14. The van der Waals surface area contributed by atoms with Crippen LogP contribution in [0.3, 0.4) is 0 Å². The zero-order valence-electron chi connectivity index (χ0n) is 11.4. The van der Waals surface area contributed by atoms with Crippen LogP contribution in [0, 0.1) is 0 Å². The van der Waals surface area contributed by atoms with Gasteiger partial charge in [0.05, 0.1) is 17.3 Å². The van der Waals surface area contributed by atoms with Gasteiger partial charge in [0.15, 0.2) is 0 Å². The SMILES string of the molecule is O=C(Nc1ccc(CCO)cc1)c1cnn2ccccc12. The summed E-state index contributed by atoms with van der Waals surface area (Å²) < 4.78 is 1.67. The van der Waals surface area contributed by atoms with E-state index in [0.29, 0.717) is 12.0 Å². The summed E-state index contributed by atoms with van der Waals surface area (Å²) >= 11 is 0. The molecule has 2 heterocycles. The van der Waals surface area contributed by atoms with Crippen LogP contribution < -0.4 is 5.32 Å². The Labute approximate surface area is 121 Å². The van der Waals surface area contributed by atoms with Crippen LogP contribution in [-0.2, 0) is 6.42 Å². The van der Waals surface area contributed by atoms with Crippen LogP contribution in [0.15, 0.2) is 54.9 Å². The number of aromatic nitrogens is 2. The number of benzene rings is 1. The smallest absolute Gasteiger partial charge is 0.259 e. The predicted molar refractivity (Wildman–Crippen MR) is 80.4 cm³/mol. The molecular weight excluding hydrogens is 266 g/mol. The van der Waals surface area contributed by atoms with Crippen LogP contribution >= 0.6 is 0 Å². The van der Waals surface area contributed by atoms with Crippen molar-refractivity contribution in [2.24, 2.45) is 0 Å². The number of carbonyl (C=O) groups excluding carboxylic acids is 1. The third-order valence-electron chi connectivity index (χ3n) is 3.28. The molecule has 0 aliphatic heterocycles. The molecule has 0 aliphatic rings. The fourth-order valence-electron chi connectivity index (χ4n) is 2.19. The Morgan fingerprint density at radius 2 is 2.00 bits per heavy atom. The van der Waals surface area contributed by atoms with Crippen molar-refractivity contribution >= 4 is 17.1 Å². The lowest BCUT2D eigenvalue weighted by molar-refractivity contribution is 0.102. The molecule has 0 bridgehead atoms. The maximum Gasteiger partial charge on any atom is 0.259 e. The summed E-state index contributed by atoms with van der Waals surface area (Å²) in [7, 11) is 0. The second kappa shape index (κ2) is 5.76. The minimum atomic E-state index is -0.189. The monoisotopic (exact) mass is 281 g/mol. The molecule has 0 saturated carbocycles. The average Bonchev–Trinajstić information content (AvgIpc) is 2.93. The first-order valence-electron chi connectivity index (χ1n) is 6.71. The molecule has 3 aromatic rings. The molecule has 5 heteroatoms. The second-order valence-electron chi connectivity index (χ2n) is 4.71. The minimum Gasteiger partial charge on any atom is -0.396 e. The maximum atomic E-state index is 12.3. The van der Waals surface area contributed by atoms with Crippen LogP contribution in [0.5, 0.6) is 0 Å². The topological polar surface area (TPSA) is 66.6 Å². The van der Waals surface area contributed by atoms with Gasteiger partial charge < -0.3 is 10.4 Å². The molecule has 0 aliphatic carbocycles. The Morgan fingerprint density at radius 3 is 2.76 bits per heavy atom. The van der Waals surface area contributed by atoms with Crippen molar-refractivity contribution < 1.29 is 9.90 Å². The van der Waals surface area contributed by atoms with Gasteiger partial charge in [-0.25, -0.2) is 4.52 Å². The van der Waals surface area contributed by atoms with E-state index < -0.39 is 0 Å². The van der Waals surface area contributed by atoms with E-state index in [0.717, 1.165) is 16.8 Å². The highest BCUT2D eigenvalue weighted by Gasteiger charge is 2.12. The molecule has 0 spiro atoms. The number of anilines is 1. The first-order valence-corrected chi connectivity index (χ1v) is 6.71. The number of aliphatic hydroxyl groups excluding tert-OH is 1. The Hall–Kier alpha value is -2.66. The number of pyridine rings is 1. The summed E-state index contributed by atoms with van der Waals surface area (Å²) in [4.78, 5) is 12.3. The van der Waals surface area contributed by atoms with Crippen LogP contribution in [0.25, 0.3) is 5.52 Å². The van der Waals surface area contributed by atoms with Crippen LogP contribution in [0.4, 0.5) is 5.69 Å². The van der Waals surface area contributed by atoms with Crippen molar-refractivity contribution in [2.45, 2.75) is 6.42 Å². The number of rotatable bonds is 4. The Morgan fingerprint density at radius 1 is 1.19 bits per heavy atom. The van der Waals surface area contributed by atoms with Crippen molar-refractivity contribution in [3.63, 3.8) is 0 Å². The molecule has 21 heavy (non-hydrogen) atoms. The molecule has 1 aromatic carbocycles. The Balaban J connectivity index is 1.79. The largest absolute Gasteiger partial charge is 0.396 e. The van der Waals surface area contributed by atoms with Crippen molar-refractivity contribution in [3.8, 4) is 0 Å². The minimum absolute atomic E-state index is 0.119. The Kier molecular flexibility index (Phi) is 3.66. The number of hydrogen-bond acceptors (Lipinski definition) is 3. The Bertz CT molecular complexity index is 763. The zero-order chi connectivity index (χ0) is 14.7. The summed E-state index contributed by atoms with van der Waals surface area (Å²) in [5, 5.41) is 15.9. The van der Waals surface area contributed by atoms with Gasteiger partial charge in [-0.15, -0.1) is 0 Å². The third-order valence-corrected chi connectivity index (χ3v) is 3.28. The molecule has 0 unspecified atom stereocenters. The average molecular weight is 281 g/mol. The van der Waals surface area contributed by atoms with Crippen LogP contribution in [0.2, 0.25) is 0 Å². The predicted octanol–water partition coefficient (Wildman–Crippen LogP) is 2.12. The van der Waals surface area contributed by atoms with Gasteiger partial charge in [-0.2, -0.15) is 5.10 Å². The van der Waals surface area contributed by atoms with E-state index in [-0.39, 0.29) is 12.5 Å². The van der Waals surface area contributed by atoms with Gasteiger partial charge in [0.25, 0.3) is 5.91 Å². The summed E-state index contributed by atoms with van der Waals surface area (Å²) in [6.45, 7) is 0.119. The molecule has 5 nitrogen and oxygen atoms in total.